The van der Waals surface area contributed by atoms with E-state index in [0.29, 0.717) is 32.5 Å². The molecule has 0 aliphatic carbocycles. The summed E-state index contributed by atoms with van der Waals surface area (Å²) in [5, 5.41) is 12.2. The van der Waals surface area contributed by atoms with Crippen molar-refractivity contribution in [3.8, 4) is 5.75 Å². The Hall–Kier alpha value is -2.00. The maximum atomic E-state index is 13.1. The van der Waals surface area contributed by atoms with Crippen LogP contribution >= 0.6 is 46.6 Å². The number of nitrogens with zero attached hydrogens (tertiary/aromatic N) is 3. The molecule has 11 heteroatoms. The molecule has 1 N–H and O–H groups in total. The molecule has 1 amide bonds. The van der Waals surface area contributed by atoms with E-state index in [-0.39, 0.29) is 23.3 Å². The van der Waals surface area contributed by atoms with Crippen molar-refractivity contribution >= 4 is 58.2 Å². The van der Waals surface area contributed by atoms with Crippen LogP contribution in [0.4, 0.5) is 10.1 Å². The number of halogens is 4. The molecule has 0 bridgehead atoms. The Balaban J connectivity index is 1.57. The van der Waals surface area contributed by atoms with Crippen molar-refractivity contribution in [2.24, 2.45) is 7.05 Å². The van der Waals surface area contributed by atoms with Gasteiger partial charge in [-0.2, -0.15) is 0 Å². The first kappa shape index (κ1) is 21.7. The zero-order valence-corrected chi connectivity index (χ0v) is 18.0. The predicted octanol–water partition coefficient (Wildman–Crippen LogP) is 5.22. The van der Waals surface area contributed by atoms with Crippen LogP contribution in [0.25, 0.3) is 0 Å². The summed E-state index contributed by atoms with van der Waals surface area (Å²) >= 11 is 19.2. The minimum absolute atomic E-state index is 0.0802. The second-order valence-electron chi connectivity index (χ2n) is 5.75. The summed E-state index contributed by atoms with van der Waals surface area (Å²) in [6, 6.07) is 8.82. The van der Waals surface area contributed by atoms with Crippen LogP contribution < -0.4 is 10.1 Å². The number of amides is 1. The van der Waals surface area contributed by atoms with E-state index >= 15 is 0 Å². The van der Waals surface area contributed by atoms with Gasteiger partial charge in [-0.3, -0.25) is 4.79 Å². The lowest BCUT2D eigenvalue weighted by Gasteiger charge is -2.09. The number of hydrogen-bond acceptors (Lipinski definition) is 5. The second kappa shape index (κ2) is 9.67. The minimum Gasteiger partial charge on any atom is -0.484 e. The summed E-state index contributed by atoms with van der Waals surface area (Å²) in [7, 11) is 1.75. The zero-order chi connectivity index (χ0) is 21.0. The maximum absolute atomic E-state index is 13.1. The Labute approximate surface area is 185 Å². The van der Waals surface area contributed by atoms with Gasteiger partial charge in [0.05, 0.1) is 26.5 Å². The number of thioether (sulfide) groups is 1. The van der Waals surface area contributed by atoms with Gasteiger partial charge in [-0.15, -0.1) is 10.2 Å². The number of aromatic nitrogens is 3. The first-order valence-electron chi connectivity index (χ1n) is 8.18. The Kier molecular flexibility index (Phi) is 7.23. The quantitative estimate of drug-likeness (QED) is 0.474. The molecule has 2 aromatic carbocycles. The van der Waals surface area contributed by atoms with Gasteiger partial charge in [-0.05, 0) is 30.3 Å². The normalized spacial score (nSPS) is 10.8. The number of carbonyl (C=O) groups is 1. The lowest BCUT2D eigenvalue weighted by atomic mass is 10.3. The summed E-state index contributed by atoms with van der Waals surface area (Å²) in [5.74, 6) is 0.196. The molecule has 0 spiro atoms. The van der Waals surface area contributed by atoms with Gasteiger partial charge in [0, 0.05) is 7.05 Å². The fourth-order valence-corrected chi connectivity index (χ4v) is 3.70. The van der Waals surface area contributed by atoms with Crippen LogP contribution in [0.1, 0.15) is 5.82 Å². The van der Waals surface area contributed by atoms with Crippen molar-refractivity contribution in [1.82, 2.24) is 14.8 Å². The first-order chi connectivity index (χ1) is 13.8. The highest BCUT2D eigenvalue weighted by atomic mass is 35.5. The van der Waals surface area contributed by atoms with Crippen molar-refractivity contribution in [3.63, 3.8) is 0 Å². The Morgan fingerprint density at radius 1 is 1.17 bits per heavy atom. The van der Waals surface area contributed by atoms with Crippen LogP contribution in [-0.2, 0) is 18.4 Å². The third kappa shape index (κ3) is 5.54. The number of rotatable bonds is 7. The molecule has 0 saturated carbocycles. The van der Waals surface area contributed by atoms with Crippen molar-refractivity contribution in [3.05, 3.63) is 63.1 Å². The molecule has 0 aliphatic rings. The summed E-state index contributed by atoms with van der Waals surface area (Å²) in [6.07, 6.45) is 0. The monoisotopic (exact) mass is 474 g/mol. The fourth-order valence-electron chi connectivity index (χ4n) is 2.25. The number of ether oxygens (including phenoxy) is 1. The van der Waals surface area contributed by atoms with Crippen molar-refractivity contribution in [2.75, 3.05) is 11.1 Å². The average molecular weight is 476 g/mol. The van der Waals surface area contributed by atoms with Crippen LogP contribution in [0.2, 0.25) is 15.1 Å². The van der Waals surface area contributed by atoms with Crippen LogP contribution in [0.5, 0.6) is 5.75 Å². The summed E-state index contributed by atoms with van der Waals surface area (Å²) in [6.45, 7) is 0.0802. The summed E-state index contributed by atoms with van der Waals surface area (Å²) in [5.41, 5.74) is 0.365. The molecule has 0 atom stereocenters. The third-order valence-corrected chi connectivity index (χ3v) is 5.68. The highest BCUT2D eigenvalue weighted by molar-refractivity contribution is 7.99. The lowest BCUT2D eigenvalue weighted by molar-refractivity contribution is -0.113. The molecule has 1 heterocycles. The average Bonchev–Trinajstić information content (AvgIpc) is 3.02. The highest BCUT2D eigenvalue weighted by Gasteiger charge is 2.14. The van der Waals surface area contributed by atoms with Gasteiger partial charge in [-0.1, -0.05) is 52.6 Å². The van der Waals surface area contributed by atoms with E-state index in [1.165, 1.54) is 30.0 Å². The number of carbonyl (C=O) groups excluding carboxylic acids is 1. The first-order valence-corrected chi connectivity index (χ1v) is 10.3. The van der Waals surface area contributed by atoms with Crippen LogP contribution in [0, 0.1) is 5.82 Å². The molecular formula is C18H14Cl3FN4O2S. The molecule has 0 aliphatic heterocycles. The van der Waals surface area contributed by atoms with E-state index in [0.717, 1.165) is 0 Å². The molecule has 1 aromatic heterocycles. The Morgan fingerprint density at radius 3 is 2.59 bits per heavy atom. The number of anilines is 1. The van der Waals surface area contributed by atoms with Gasteiger partial charge in [0.15, 0.2) is 11.0 Å². The van der Waals surface area contributed by atoms with Crippen LogP contribution in [0.3, 0.4) is 0 Å². The largest absolute Gasteiger partial charge is 0.484 e. The molecule has 0 saturated heterocycles. The number of benzene rings is 2. The van der Waals surface area contributed by atoms with Crippen LogP contribution in [-0.4, -0.2) is 26.4 Å². The van der Waals surface area contributed by atoms with Gasteiger partial charge < -0.3 is 14.6 Å². The van der Waals surface area contributed by atoms with Gasteiger partial charge in [0.2, 0.25) is 5.91 Å². The summed E-state index contributed by atoms with van der Waals surface area (Å²) in [4.78, 5) is 12.2. The van der Waals surface area contributed by atoms with E-state index in [9.17, 15) is 9.18 Å². The standard InChI is InChI=1S/C18H14Cl3FN4O2S/c1-26-15(8-28-14-6-5-10(22)7-13(14)21)24-25-18(26)29-9-16(27)23-17-11(19)3-2-4-12(17)20/h2-7H,8-9H2,1H3,(H,23,27). The number of hydrogen-bond donors (Lipinski definition) is 1. The van der Waals surface area contributed by atoms with Gasteiger partial charge >= 0.3 is 0 Å². The number of para-hydroxylation sites is 1. The fraction of sp³-hybridized carbons (Fsp3) is 0.167. The third-order valence-electron chi connectivity index (χ3n) is 3.74. The van der Waals surface area contributed by atoms with E-state index in [1.54, 1.807) is 29.8 Å². The van der Waals surface area contributed by atoms with Crippen molar-refractivity contribution in [1.29, 1.82) is 0 Å². The van der Waals surface area contributed by atoms with Crippen molar-refractivity contribution < 1.29 is 13.9 Å². The van der Waals surface area contributed by atoms with E-state index in [2.05, 4.69) is 15.5 Å². The van der Waals surface area contributed by atoms with Gasteiger partial charge in [-0.25, -0.2) is 4.39 Å². The zero-order valence-electron chi connectivity index (χ0n) is 15.0. The minimum atomic E-state index is -0.448. The molecule has 0 unspecified atom stereocenters. The van der Waals surface area contributed by atoms with Crippen LogP contribution in [0.15, 0.2) is 41.6 Å². The molecule has 29 heavy (non-hydrogen) atoms. The Morgan fingerprint density at radius 2 is 1.90 bits per heavy atom. The molecule has 0 fully saturated rings. The molecule has 152 valence electrons. The summed E-state index contributed by atoms with van der Waals surface area (Å²) < 4.78 is 20.3. The molecular weight excluding hydrogens is 462 g/mol. The highest BCUT2D eigenvalue weighted by Crippen LogP contribution is 2.30. The number of nitrogens with one attached hydrogen (secondary N) is 1. The molecule has 6 nitrogen and oxygen atoms in total. The molecule has 3 aromatic rings. The van der Waals surface area contributed by atoms with Gasteiger partial charge in [0.1, 0.15) is 18.2 Å². The Bertz CT molecular complexity index is 1030. The lowest BCUT2D eigenvalue weighted by Crippen LogP contribution is -2.15. The van der Waals surface area contributed by atoms with E-state index in [4.69, 9.17) is 39.5 Å². The van der Waals surface area contributed by atoms with E-state index in [1.807, 2.05) is 0 Å². The topological polar surface area (TPSA) is 69.0 Å². The molecule has 0 radical (unpaired) electrons. The SMILES string of the molecule is Cn1c(COc2ccc(F)cc2Cl)nnc1SCC(=O)Nc1c(Cl)cccc1Cl. The van der Waals surface area contributed by atoms with E-state index < -0.39 is 5.82 Å². The van der Waals surface area contributed by atoms with Crippen molar-refractivity contribution in [2.45, 2.75) is 11.8 Å². The second-order valence-corrected chi connectivity index (χ2v) is 7.92. The predicted molar refractivity (Wildman–Crippen MR) is 113 cm³/mol. The van der Waals surface area contributed by atoms with Gasteiger partial charge in [0.25, 0.3) is 0 Å². The molecule has 3 rings (SSSR count). The smallest absolute Gasteiger partial charge is 0.234 e. The maximum Gasteiger partial charge on any atom is 0.234 e.